The monoisotopic (exact) mass is 332 g/mol. The van der Waals surface area contributed by atoms with Gasteiger partial charge in [-0.15, -0.1) is 13.0 Å². The van der Waals surface area contributed by atoms with Crippen molar-refractivity contribution in [3.63, 3.8) is 0 Å². The summed E-state index contributed by atoms with van der Waals surface area (Å²) in [6, 6.07) is 0. The highest BCUT2D eigenvalue weighted by Gasteiger charge is 2.17. The normalized spacial score (nSPS) is 13.5. The van der Waals surface area contributed by atoms with E-state index in [1.807, 2.05) is 13.0 Å². The third-order valence-corrected chi connectivity index (χ3v) is 3.63. The van der Waals surface area contributed by atoms with Crippen LogP contribution in [0.25, 0.3) is 0 Å². The van der Waals surface area contributed by atoms with Gasteiger partial charge in [0, 0.05) is 6.08 Å². The van der Waals surface area contributed by atoms with E-state index in [1.54, 1.807) is 6.08 Å². The molecule has 0 saturated heterocycles. The summed E-state index contributed by atoms with van der Waals surface area (Å²) < 4.78 is 10.5. The van der Waals surface area contributed by atoms with Gasteiger partial charge in [-0.1, -0.05) is 43.9 Å². The first-order valence-electron chi connectivity index (χ1n) is 8.50. The van der Waals surface area contributed by atoms with Crippen LogP contribution in [0.4, 0.5) is 0 Å². The number of ether oxygens (including phenoxy) is 2. The first-order valence-corrected chi connectivity index (χ1v) is 8.50. The molecule has 3 nitrogen and oxygen atoms in total. The average molecular weight is 332 g/mol. The minimum absolute atomic E-state index is 0.0101. The van der Waals surface area contributed by atoms with Crippen LogP contribution in [0.5, 0.6) is 0 Å². The van der Waals surface area contributed by atoms with Crippen LogP contribution < -0.4 is 0 Å². The van der Waals surface area contributed by atoms with Gasteiger partial charge in [0.1, 0.15) is 0 Å². The molecule has 0 radical (unpaired) electrons. The fourth-order valence-electron chi connectivity index (χ4n) is 2.23. The number of hydrogen-bond acceptors (Lipinski definition) is 3. The number of allylic oxidation sites excluding steroid dienone is 3. The molecule has 0 fully saturated rings. The molecule has 0 aliphatic rings. The molecule has 0 spiro atoms. The predicted octanol–water partition coefficient (Wildman–Crippen LogP) is 4.84. The van der Waals surface area contributed by atoms with Crippen LogP contribution in [0.2, 0.25) is 0 Å². The molecule has 0 aromatic rings. The number of hydrogen-bond donors (Lipinski definition) is 0. The van der Waals surface area contributed by atoms with Gasteiger partial charge in [-0.3, -0.25) is 0 Å². The Kier molecular flexibility index (Phi) is 11.7. The predicted molar refractivity (Wildman–Crippen MR) is 101 cm³/mol. The highest BCUT2D eigenvalue weighted by molar-refractivity contribution is 5.83. The van der Waals surface area contributed by atoms with Crippen molar-refractivity contribution >= 4 is 5.97 Å². The van der Waals surface area contributed by atoms with Gasteiger partial charge in [-0.05, 0) is 45.1 Å². The molecule has 0 heterocycles. The summed E-state index contributed by atoms with van der Waals surface area (Å²) in [5.41, 5.74) is 0.769. The van der Waals surface area contributed by atoms with Gasteiger partial charge in [0.15, 0.2) is 6.61 Å². The standard InChI is InChI=1S/C21H32O3/c1-7-15-23-20(22)17-19(4)12-9-11-18(3)13-10-14-21(5,6)24-16-8-2/h1,8-9,12,17-18H,2,10-11,13-16H2,3-6H3. The van der Waals surface area contributed by atoms with Crippen molar-refractivity contribution in [1.82, 2.24) is 0 Å². The van der Waals surface area contributed by atoms with Crippen molar-refractivity contribution in [2.45, 2.75) is 59.0 Å². The zero-order valence-corrected chi connectivity index (χ0v) is 15.6. The van der Waals surface area contributed by atoms with Crippen LogP contribution in [0.15, 0.2) is 36.5 Å². The van der Waals surface area contributed by atoms with Gasteiger partial charge in [0.2, 0.25) is 0 Å². The molecular formula is C21H32O3. The SMILES string of the molecule is C#CCOC(=O)C=C(C)C=CCC(C)CCCC(C)(C)OCC=C. The van der Waals surface area contributed by atoms with Crippen molar-refractivity contribution in [3.05, 3.63) is 36.5 Å². The Bertz CT molecular complexity index is 478. The molecule has 0 aliphatic carbocycles. The zero-order chi connectivity index (χ0) is 18.4. The van der Waals surface area contributed by atoms with Crippen LogP contribution in [-0.2, 0) is 14.3 Å². The average Bonchev–Trinajstić information content (AvgIpc) is 2.50. The number of carbonyl (C=O) groups is 1. The van der Waals surface area contributed by atoms with Crippen molar-refractivity contribution in [3.8, 4) is 12.3 Å². The maximum absolute atomic E-state index is 11.4. The maximum atomic E-state index is 11.4. The van der Waals surface area contributed by atoms with Gasteiger partial charge in [-0.2, -0.15) is 0 Å². The summed E-state index contributed by atoms with van der Waals surface area (Å²) in [7, 11) is 0. The van der Waals surface area contributed by atoms with Gasteiger partial charge in [0.25, 0.3) is 0 Å². The molecule has 1 atom stereocenters. The van der Waals surface area contributed by atoms with Gasteiger partial charge in [-0.25, -0.2) is 4.79 Å². The van der Waals surface area contributed by atoms with E-state index in [9.17, 15) is 4.79 Å². The van der Waals surface area contributed by atoms with Crippen molar-refractivity contribution in [1.29, 1.82) is 0 Å². The summed E-state index contributed by atoms with van der Waals surface area (Å²) in [5.74, 6) is 2.46. The Morgan fingerprint density at radius 1 is 1.42 bits per heavy atom. The number of esters is 1. The fourth-order valence-corrected chi connectivity index (χ4v) is 2.23. The molecule has 0 aromatic heterocycles. The van der Waals surface area contributed by atoms with Gasteiger partial charge >= 0.3 is 5.97 Å². The van der Waals surface area contributed by atoms with Gasteiger partial charge < -0.3 is 9.47 Å². The Morgan fingerprint density at radius 2 is 2.12 bits per heavy atom. The van der Waals surface area contributed by atoms with E-state index in [-0.39, 0.29) is 12.2 Å². The lowest BCUT2D eigenvalue weighted by Crippen LogP contribution is -2.24. The van der Waals surface area contributed by atoms with Crippen LogP contribution >= 0.6 is 0 Å². The van der Waals surface area contributed by atoms with E-state index in [0.29, 0.717) is 12.5 Å². The number of rotatable bonds is 12. The van der Waals surface area contributed by atoms with E-state index >= 15 is 0 Å². The molecule has 0 amide bonds. The molecular weight excluding hydrogens is 300 g/mol. The summed E-state index contributed by atoms with van der Waals surface area (Å²) in [6.07, 6.45) is 16.6. The summed E-state index contributed by atoms with van der Waals surface area (Å²) >= 11 is 0. The number of terminal acetylenes is 1. The lowest BCUT2D eigenvalue weighted by molar-refractivity contribution is -0.136. The van der Waals surface area contributed by atoms with Crippen LogP contribution in [-0.4, -0.2) is 24.8 Å². The Morgan fingerprint density at radius 3 is 2.75 bits per heavy atom. The smallest absolute Gasteiger partial charge is 0.331 e. The molecule has 0 aromatic carbocycles. The van der Waals surface area contributed by atoms with Crippen LogP contribution in [0, 0.1) is 18.3 Å². The largest absolute Gasteiger partial charge is 0.449 e. The Labute approximate surface area is 147 Å². The third kappa shape index (κ3) is 12.7. The molecule has 1 unspecified atom stereocenters. The lowest BCUT2D eigenvalue weighted by atomic mass is 9.94. The maximum Gasteiger partial charge on any atom is 0.331 e. The molecule has 134 valence electrons. The minimum atomic E-state index is -0.398. The van der Waals surface area contributed by atoms with Crippen LogP contribution in [0.1, 0.15) is 53.4 Å². The quantitative estimate of drug-likeness (QED) is 0.169. The minimum Gasteiger partial charge on any atom is -0.449 e. The van der Waals surface area contributed by atoms with Crippen molar-refractivity contribution in [2.24, 2.45) is 5.92 Å². The second-order valence-corrected chi connectivity index (χ2v) is 6.70. The molecule has 0 aliphatic heterocycles. The first kappa shape index (κ1) is 22.2. The lowest BCUT2D eigenvalue weighted by Gasteiger charge is -2.25. The van der Waals surface area contributed by atoms with E-state index in [2.05, 4.69) is 39.3 Å². The van der Waals surface area contributed by atoms with E-state index < -0.39 is 5.97 Å². The zero-order valence-electron chi connectivity index (χ0n) is 15.6. The van der Waals surface area contributed by atoms with Crippen molar-refractivity contribution < 1.29 is 14.3 Å². The molecule has 24 heavy (non-hydrogen) atoms. The van der Waals surface area contributed by atoms with E-state index in [0.717, 1.165) is 31.3 Å². The number of carbonyl (C=O) groups excluding carboxylic acids is 1. The highest BCUT2D eigenvalue weighted by atomic mass is 16.5. The summed E-state index contributed by atoms with van der Waals surface area (Å²) in [5, 5.41) is 0. The highest BCUT2D eigenvalue weighted by Crippen LogP contribution is 2.21. The molecule has 3 heteroatoms. The summed E-state index contributed by atoms with van der Waals surface area (Å²) in [6.45, 7) is 12.6. The second kappa shape index (κ2) is 12.6. The van der Waals surface area contributed by atoms with E-state index in [1.165, 1.54) is 6.08 Å². The van der Waals surface area contributed by atoms with Gasteiger partial charge in [0.05, 0.1) is 12.2 Å². The van der Waals surface area contributed by atoms with Crippen molar-refractivity contribution in [2.75, 3.05) is 13.2 Å². The second-order valence-electron chi connectivity index (χ2n) is 6.70. The summed E-state index contributed by atoms with van der Waals surface area (Å²) in [4.78, 5) is 11.4. The molecule has 0 saturated carbocycles. The fraction of sp³-hybridized carbons (Fsp3) is 0.571. The molecule has 0 N–H and O–H groups in total. The van der Waals surface area contributed by atoms with E-state index in [4.69, 9.17) is 15.9 Å². The first-order chi connectivity index (χ1) is 11.3. The van der Waals surface area contributed by atoms with Crippen LogP contribution in [0.3, 0.4) is 0 Å². The Balaban J connectivity index is 4.06. The molecule has 0 bridgehead atoms. The topological polar surface area (TPSA) is 35.5 Å². The Hall–Kier alpha value is -1.79. The molecule has 0 rings (SSSR count). The third-order valence-electron chi connectivity index (χ3n) is 3.63.